The number of anilines is 2. The standard InChI is InChI=1S/C20H23Cl2N3O2/c1-14(20(26)23-19-17(21)4-3-5-18(19)22)24-10-12-25(13-11-24)15-6-8-16(27-2)9-7-15/h3-9,14H,10-13H2,1-2H3,(H,23,26)/p+1/t14-/m0/s1. The van der Waals surface area contributed by atoms with E-state index in [0.29, 0.717) is 15.7 Å². The van der Waals surface area contributed by atoms with Gasteiger partial charge in [0.15, 0.2) is 6.04 Å². The van der Waals surface area contributed by atoms with E-state index in [-0.39, 0.29) is 11.9 Å². The molecule has 0 aliphatic carbocycles. The number of benzene rings is 2. The van der Waals surface area contributed by atoms with Crippen LogP contribution in [0, 0.1) is 0 Å². The second kappa shape index (κ2) is 8.83. The molecular weight excluding hydrogens is 385 g/mol. The number of piperazine rings is 1. The number of hydrogen-bond acceptors (Lipinski definition) is 3. The van der Waals surface area contributed by atoms with Crippen LogP contribution in [0.15, 0.2) is 42.5 Å². The van der Waals surface area contributed by atoms with E-state index in [1.165, 1.54) is 10.6 Å². The Bertz CT molecular complexity index is 770. The molecule has 0 bridgehead atoms. The van der Waals surface area contributed by atoms with Gasteiger partial charge in [0.1, 0.15) is 5.75 Å². The first kappa shape index (κ1) is 19.8. The summed E-state index contributed by atoms with van der Waals surface area (Å²) < 4.78 is 5.21. The number of rotatable bonds is 5. The zero-order valence-electron chi connectivity index (χ0n) is 15.5. The normalized spacial score (nSPS) is 16.1. The summed E-state index contributed by atoms with van der Waals surface area (Å²) in [4.78, 5) is 16.2. The molecule has 5 nitrogen and oxygen atoms in total. The average Bonchev–Trinajstić information content (AvgIpc) is 2.70. The highest BCUT2D eigenvalue weighted by molar-refractivity contribution is 6.39. The van der Waals surface area contributed by atoms with E-state index >= 15 is 0 Å². The number of ether oxygens (including phenoxy) is 1. The molecule has 7 heteroatoms. The SMILES string of the molecule is COc1ccc(N2CC[NH+]([C@@H](C)C(=O)Nc3c(Cl)cccc3Cl)CC2)cc1. The lowest BCUT2D eigenvalue weighted by molar-refractivity contribution is -0.914. The van der Waals surface area contributed by atoms with Gasteiger partial charge in [0, 0.05) is 5.69 Å². The van der Waals surface area contributed by atoms with Crippen LogP contribution in [0.4, 0.5) is 11.4 Å². The van der Waals surface area contributed by atoms with Gasteiger partial charge in [0.05, 0.1) is 49.0 Å². The third-order valence-electron chi connectivity index (χ3n) is 5.06. The van der Waals surface area contributed by atoms with Crippen LogP contribution in [0.25, 0.3) is 0 Å². The maximum Gasteiger partial charge on any atom is 0.282 e. The smallest absolute Gasteiger partial charge is 0.282 e. The number of halogens is 2. The topological polar surface area (TPSA) is 46.0 Å². The number of hydrogen-bond donors (Lipinski definition) is 2. The number of para-hydroxylation sites is 1. The van der Waals surface area contributed by atoms with Gasteiger partial charge in [0.2, 0.25) is 0 Å². The zero-order valence-corrected chi connectivity index (χ0v) is 17.0. The van der Waals surface area contributed by atoms with Crippen molar-refractivity contribution in [2.24, 2.45) is 0 Å². The Kier molecular flexibility index (Phi) is 6.47. The lowest BCUT2D eigenvalue weighted by Gasteiger charge is -2.36. The minimum absolute atomic E-state index is 0.0714. The molecule has 27 heavy (non-hydrogen) atoms. The summed E-state index contributed by atoms with van der Waals surface area (Å²) in [6.07, 6.45) is 0. The molecule has 1 aliphatic heterocycles. The molecule has 144 valence electrons. The van der Waals surface area contributed by atoms with E-state index in [1.54, 1.807) is 25.3 Å². The van der Waals surface area contributed by atoms with Gasteiger partial charge in [-0.15, -0.1) is 0 Å². The summed E-state index contributed by atoms with van der Waals surface area (Å²) in [7, 11) is 1.67. The molecule has 1 aliphatic rings. The summed E-state index contributed by atoms with van der Waals surface area (Å²) in [5.74, 6) is 0.782. The summed E-state index contributed by atoms with van der Waals surface area (Å²) in [5, 5.41) is 3.77. The van der Waals surface area contributed by atoms with Crippen molar-refractivity contribution in [1.29, 1.82) is 0 Å². The van der Waals surface area contributed by atoms with Crippen molar-refractivity contribution in [1.82, 2.24) is 0 Å². The predicted octanol–water partition coefficient (Wildman–Crippen LogP) is 2.73. The van der Waals surface area contributed by atoms with Gasteiger partial charge in [-0.3, -0.25) is 4.79 Å². The third kappa shape index (κ3) is 4.67. The Hall–Kier alpha value is -1.95. The fraction of sp³-hybridized carbons (Fsp3) is 0.350. The molecule has 2 N–H and O–H groups in total. The van der Waals surface area contributed by atoms with Crippen LogP contribution in [0.1, 0.15) is 6.92 Å². The first-order chi connectivity index (χ1) is 13.0. The van der Waals surface area contributed by atoms with E-state index in [9.17, 15) is 4.79 Å². The number of methoxy groups -OCH3 is 1. The number of quaternary nitrogens is 1. The van der Waals surface area contributed by atoms with Crippen LogP contribution in [0.5, 0.6) is 5.75 Å². The Morgan fingerprint density at radius 3 is 2.26 bits per heavy atom. The van der Waals surface area contributed by atoms with Crippen LogP contribution in [-0.4, -0.2) is 45.2 Å². The van der Waals surface area contributed by atoms with Crippen LogP contribution < -0.4 is 19.9 Å². The van der Waals surface area contributed by atoms with E-state index in [4.69, 9.17) is 27.9 Å². The number of carbonyl (C=O) groups excluding carboxylic acids is 1. The van der Waals surface area contributed by atoms with Crippen LogP contribution in [-0.2, 0) is 4.79 Å². The first-order valence-electron chi connectivity index (χ1n) is 8.98. The van der Waals surface area contributed by atoms with Crippen molar-refractivity contribution in [2.45, 2.75) is 13.0 Å². The zero-order chi connectivity index (χ0) is 19.4. The molecule has 0 saturated carbocycles. The van der Waals surface area contributed by atoms with Crippen molar-refractivity contribution in [2.75, 3.05) is 43.5 Å². The molecule has 1 atom stereocenters. The molecule has 1 fully saturated rings. The summed E-state index contributed by atoms with van der Waals surface area (Å²) in [6, 6.07) is 13.1. The van der Waals surface area contributed by atoms with E-state index in [1.807, 2.05) is 19.1 Å². The highest BCUT2D eigenvalue weighted by Crippen LogP contribution is 2.29. The lowest BCUT2D eigenvalue weighted by Crippen LogP contribution is -3.19. The fourth-order valence-corrected chi connectivity index (χ4v) is 3.80. The molecule has 0 radical (unpaired) electrons. The summed E-state index contributed by atoms with van der Waals surface area (Å²) >= 11 is 12.3. The molecular formula is C20H24Cl2N3O2+. The van der Waals surface area contributed by atoms with Gasteiger partial charge in [0.25, 0.3) is 5.91 Å². The molecule has 1 amide bonds. The van der Waals surface area contributed by atoms with E-state index in [2.05, 4.69) is 22.3 Å². The minimum atomic E-state index is -0.185. The second-order valence-corrected chi connectivity index (χ2v) is 7.47. The molecule has 0 aromatic heterocycles. The van der Waals surface area contributed by atoms with E-state index in [0.717, 1.165) is 31.9 Å². The van der Waals surface area contributed by atoms with Gasteiger partial charge in [-0.05, 0) is 43.3 Å². The highest BCUT2D eigenvalue weighted by atomic mass is 35.5. The van der Waals surface area contributed by atoms with Crippen molar-refractivity contribution in [3.63, 3.8) is 0 Å². The predicted molar refractivity (Wildman–Crippen MR) is 110 cm³/mol. The first-order valence-corrected chi connectivity index (χ1v) is 9.73. The quantitative estimate of drug-likeness (QED) is 0.799. The molecule has 2 aromatic rings. The fourth-order valence-electron chi connectivity index (χ4n) is 3.31. The van der Waals surface area contributed by atoms with Crippen molar-refractivity contribution < 1.29 is 14.4 Å². The lowest BCUT2D eigenvalue weighted by atomic mass is 10.2. The largest absolute Gasteiger partial charge is 0.497 e. The van der Waals surface area contributed by atoms with Gasteiger partial charge >= 0.3 is 0 Å². The molecule has 3 rings (SSSR count). The van der Waals surface area contributed by atoms with Gasteiger partial charge < -0.3 is 19.9 Å². The number of nitrogens with one attached hydrogen (secondary N) is 2. The highest BCUT2D eigenvalue weighted by Gasteiger charge is 2.29. The number of carbonyl (C=O) groups is 1. The van der Waals surface area contributed by atoms with Crippen LogP contribution in [0.3, 0.4) is 0 Å². The number of nitrogens with zero attached hydrogens (tertiary/aromatic N) is 1. The molecule has 1 saturated heterocycles. The van der Waals surface area contributed by atoms with Crippen molar-refractivity contribution in [3.05, 3.63) is 52.5 Å². The van der Waals surface area contributed by atoms with Gasteiger partial charge in [-0.2, -0.15) is 0 Å². The Labute approximate surface area is 169 Å². The summed E-state index contributed by atoms with van der Waals surface area (Å²) in [6.45, 7) is 5.50. The second-order valence-electron chi connectivity index (χ2n) is 6.65. The van der Waals surface area contributed by atoms with Crippen LogP contribution >= 0.6 is 23.2 Å². The van der Waals surface area contributed by atoms with Crippen molar-refractivity contribution in [3.8, 4) is 5.75 Å². The van der Waals surface area contributed by atoms with E-state index < -0.39 is 0 Å². The summed E-state index contributed by atoms with van der Waals surface area (Å²) in [5.41, 5.74) is 1.66. The maximum atomic E-state index is 12.7. The molecule has 2 aromatic carbocycles. The molecule has 0 spiro atoms. The van der Waals surface area contributed by atoms with Gasteiger partial charge in [-0.1, -0.05) is 29.3 Å². The number of amides is 1. The molecule has 0 unspecified atom stereocenters. The Balaban J connectivity index is 1.57. The third-order valence-corrected chi connectivity index (χ3v) is 5.69. The van der Waals surface area contributed by atoms with Crippen LogP contribution in [0.2, 0.25) is 10.0 Å². The van der Waals surface area contributed by atoms with Gasteiger partial charge in [-0.25, -0.2) is 0 Å². The monoisotopic (exact) mass is 408 g/mol. The Morgan fingerprint density at radius 1 is 1.11 bits per heavy atom. The molecule has 1 heterocycles. The van der Waals surface area contributed by atoms with Crippen molar-refractivity contribution >= 4 is 40.5 Å². The Morgan fingerprint density at radius 2 is 1.70 bits per heavy atom. The average molecular weight is 409 g/mol. The minimum Gasteiger partial charge on any atom is -0.497 e. The maximum absolute atomic E-state index is 12.7.